The summed E-state index contributed by atoms with van der Waals surface area (Å²) >= 11 is 0. The molecular formula is C19H28N2O. The molecule has 1 aliphatic carbocycles. The zero-order valence-electron chi connectivity index (χ0n) is 13.8. The topological polar surface area (TPSA) is 46.3 Å². The van der Waals surface area contributed by atoms with Crippen LogP contribution in [0.5, 0.6) is 0 Å². The highest BCUT2D eigenvalue weighted by Gasteiger charge is 2.38. The fourth-order valence-electron chi connectivity index (χ4n) is 4.29. The van der Waals surface area contributed by atoms with Gasteiger partial charge in [0.05, 0.1) is 5.92 Å². The standard InChI is InChI=1S/C19H28N2O/c1-13-7-3-4-8-16(13)15-11-14(2)21(12-15)19(22)17-9-5-6-10-18(17)20/h3-4,7-8,14-15,17-18H,5-6,9-12,20H2,1-2H3/t14?,15?,17-,18+/m1/s1. The van der Waals surface area contributed by atoms with Crippen LogP contribution in [0.3, 0.4) is 0 Å². The molecule has 4 atom stereocenters. The summed E-state index contributed by atoms with van der Waals surface area (Å²) in [7, 11) is 0. The fraction of sp³-hybridized carbons (Fsp3) is 0.632. The molecule has 1 amide bonds. The highest BCUT2D eigenvalue weighted by molar-refractivity contribution is 5.80. The molecule has 1 saturated carbocycles. The molecule has 1 aromatic carbocycles. The van der Waals surface area contributed by atoms with Gasteiger partial charge in [-0.15, -0.1) is 0 Å². The number of hydrogen-bond donors (Lipinski definition) is 1. The third kappa shape index (κ3) is 2.91. The van der Waals surface area contributed by atoms with Crippen LogP contribution >= 0.6 is 0 Å². The SMILES string of the molecule is Cc1ccccc1C1CC(C)N(C(=O)[C@@H]2CCCC[C@@H]2N)C1. The molecule has 0 radical (unpaired) electrons. The van der Waals surface area contributed by atoms with Gasteiger partial charge >= 0.3 is 0 Å². The number of benzene rings is 1. The van der Waals surface area contributed by atoms with Crippen LogP contribution in [-0.2, 0) is 4.79 Å². The number of rotatable bonds is 2. The number of carbonyl (C=O) groups is 1. The van der Waals surface area contributed by atoms with Gasteiger partial charge in [-0.2, -0.15) is 0 Å². The number of nitrogens with two attached hydrogens (primary N) is 1. The minimum absolute atomic E-state index is 0.0480. The van der Waals surface area contributed by atoms with Gasteiger partial charge in [0.15, 0.2) is 0 Å². The Morgan fingerprint density at radius 1 is 1.23 bits per heavy atom. The number of nitrogens with zero attached hydrogens (tertiary/aromatic N) is 1. The summed E-state index contributed by atoms with van der Waals surface area (Å²) in [6.45, 7) is 5.21. The molecule has 22 heavy (non-hydrogen) atoms. The van der Waals surface area contributed by atoms with Crippen LogP contribution in [0.2, 0.25) is 0 Å². The summed E-state index contributed by atoms with van der Waals surface area (Å²) in [4.78, 5) is 15.0. The molecule has 3 heteroatoms. The summed E-state index contributed by atoms with van der Waals surface area (Å²) in [5.41, 5.74) is 8.95. The first kappa shape index (κ1) is 15.5. The molecule has 0 aromatic heterocycles. The lowest BCUT2D eigenvalue weighted by Crippen LogP contribution is -2.46. The van der Waals surface area contributed by atoms with E-state index in [1.165, 1.54) is 17.5 Å². The second kappa shape index (κ2) is 6.41. The quantitative estimate of drug-likeness (QED) is 0.911. The van der Waals surface area contributed by atoms with Crippen molar-refractivity contribution in [2.45, 2.75) is 64.0 Å². The lowest BCUT2D eigenvalue weighted by atomic mass is 9.84. The van der Waals surface area contributed by atoms with E-state index in [0.29, 0.717) is 17.9 Å². The number of aryl methyl sites for hydroxylation is 1. The lowest BCUT2D eigenvalue weighted by molar-refractivity contribution is -0.137. The number of carbonyl (C=O) groups excluding carboxylic acids is 1. The van der Waals surface area contributed by atoms with Crippen LogP contribution in [0, 0.1) is 12.8 Å². The smallest absolute Gasteiger partial charge is 0.227 e. The predicted molar refractivity (Wildman–Crippen MR) is 89.6 cm³/mol. The Kier molecular flexibility index (Phi) is 4.53. The number of hydrogen-bond acceptors (Lipinski definition) is 2. The van der Waals surface area contributed by atoms with E-state index in [1.807, 2.05) is 0 Å². The van der Waals surface area contributed by atoms with E-state index >= 15 is 0 Å². The van der Waals surface area contributed by atoms with Crippen molar-refractivity contribution < 1.29 is 4.79 Å². The van der Waals surface area contributed by atoms with E-state index in [4.69, 9.17) is 5.73 Å². The van der Waals surface area contributed by atoms with E-state index in [2.05, 4.69) is 43.0 Å². The van der Waals surface area contributed by atoms with Crippen LogP contribution in [-0.4, -0.2) is 29.4 Å². The van der Waals surface area contributed by atoms with E-state index < -0.39 is 0 Å². The van der Waals surface area contributed by atoms with E-state index in [1.54, 1.807) is 0 Å². The fourth-order valence-corrected chi connectivity index (χ4v) is 4.29. The van der Waals surface area contributed by atoms with E-state index in [0.717, 1.165) is 32.2 Å². The second-order valence-electron chi connectivity index (χ2n) is 7.18. The normalized spacial score (nSPS) is 32.2. The van der Waals surface area contributed by atoms with Gasteiger partial charge in [0.25, 0.3) is 0 Å². The lowest BCUT2D eigenvalue weighted by Gasteiger charge is -2.33. The van der Waals surface area contributed by atoms with Crippen molar-refractivity contribution in [1.82, 2.24) is 4.90 Å². The van der Waals surface area contributed by atoms with Crippen LogP contribution in [0.15, 0.2) is 24.3 Å². The summed E-state index contributed by atoms with van der Waals surface area (Å²) in [6.07, 6.45) is 5.36. The monoisotopic (exact) mass is 300 g/mol. The largest absolute Gasteiger partial charge is 0.339 e. The second-order valence-corrected chi connectivity index (χ2v) is 7.18. The van der Waals surface area contributed by atoms with Crippen molar-refractivity contribution in [1.29, 1.82) is 0 Å². The molecule has 1 aromatic rings. The van der Waals surface area contributed by atoms with Crippen molar-refractivity contribution in [2.75, 3.05) is 6.54 Å². The first-order valence-corrected chi connectivity index (χ1v) is 8.69. The Labute approximate surface area is 133 Å². The van der Waals surface area contributed by atoms with Crippen LogP contribution in [0.1, 0.15) is 56.1 Å². The number of likely N-dealkylation sites (tertiary alicyclic amines) is 1. The van der Waals surface area contributed by atoms with Gasteiger partial charge in [0, 0.05) is 24.5 Å². The molecule has 2 N–H and O–H groups in total. The molecule has 1 aliphatic heterocycles. The Morgan fingerprint density at radius 3 is 2.68 bits per heavy atom. The number of amides is 1. The molecule has 1 saturated heterocycles. The van der Waals surface area contributed by atoms with Gasteiger partial charge in [-0.05, 0) is 44.2 Å². The maximum Gasteiger partial charge on any atom is 0.227 e. The minimum Gasteiger partial charge on any atom is -0.339 e. The first-order chi connectivity index (χ1) is 10.6. The first-order valence-electron chi connectivity index (χ1n) is 8.69. The van der Waals surface area contributed by atoms with Gasteiger partial charge in [0.1, 0.15) is 0 Å². The van der Waals surface area contributed by atoms with Crippen molar-refractivity contribution in [3.63, 3.8) is 0 Å². The Balaban J connectivity index is 1.73. The molecule has 2 unspecified atom stereocenters. The highest BCUT2D eigenvalue weighted by atomic mass is 16.2. The van der Waals surface area contributed by atoms with Crippen molar-refractivity contribution >= 4 is 5.91 Å². The third-order valence-electron chi connectivity index (χ3n) is 5.62. The minimum atomic E-state index is 0.0480. The van der Waals surface area contributed by atoms with Gasteiger partial charge in [-0.1, -0.05) is 37.1 Å². The molecule has 120 valence electrons. The average Bonchev–Trinajstić information content (AvgIpc) is 2.89. The van der Waals surface area contributed by atoms with E-state index in [-0.39, 0.29) is 12.0 Å². The third-order valence-corrected chi connectivity index (χ3v) is 5.62. The van der Waals surface area contributed by atoms with Gasteiger partial charge < -0.3 is 10.6 Å². The molecular weight excluding hydrogens is 272 g/mol. The molecule has 2 fully saturated rings. The van der Waals surface area contributed by atoms with E-state index in [9.17, 15) is 4.79 Å². The van der Waals surface area contributed by atoms with Crippen LogP contribution in [0.4, 0.5) is 0 Å². The highest BCUT2D eigenvalue weighted by Crippen LogP contribution is 2.35. The maximum absolute atomic E-state index is 12.9. The molecule has 0 bridgehead atoms. The van der Waals surface area contributed by atoms with Crippen molar-refractivity contribution in [3.8, 4) is 0 Å². The zero-order valence-corrected chi connectivity index (χ0v) is 13.8. The summed E-state index contributed by atoms with van der Waals surface area (Å²) in [5, 5.41) is 0. The van der Waals surface area contributed by atoms with Crippen molar-refractivity contribution in [2.24, 2.45) is 11.7 Å². The Bertz CT molecular complexity index is 542. The Hall–Kier alpha value is -1.35. The summed E-state index contributed by atoms with van der Waals surface area (Å²) in [6, 6.07) is 8.96. The summed E-state index contributed by atoms with van der Waals surface area (Å²) < 4.78 is 0. The summed E-state index contributed by atoms with van der Waals surface area (Å²) in [5.74, 6) is 0.822. The van der Waals surface area contributed by atoms with Crippen molar-refractivity contribution in [3.05, 3.63) is 35.4 Å². The molecule has 3 rings (SSSR count). The average molecular weight is 300 g/mol. The maximum atomic E-state index is 12.9. The zero-order chi connectivity index (χ0) is 15.7. The van der Waals surface area contributed by atoms with Crippen LogP contribution < -0.4 is 5.73 Å². The predicted octanol–water partition coefficient (Wildman–Crippen LogP) is 3.22. The molecule has 2 aliphatic rings. The van der Waals surface area contributed by atoms with Crippen LogP contribution in [0.25, 0.3) is 0 Å². The molecule has 1 heterocycles. The van der Waals surface area contributed by atoms with Gasteiger partial charge in [-0.3, -0.25) is 4.79 Å². The molecule has 0 spiro atoms. The molecule has 3 nitrogen and oxygen atoms in total. The Morgan fingerprint density at radius 2 is 1.95 bits per heavy atom. The van der Waals surface area contributed by atoms with Gasteiger partial charge in [-0.25, -0.2) is 0 Å². The van der Waals surface area contributed by atoms with Gasteiger partial charge in [0.2, 0.25) is 5.91 Å².